The van der Waals surface area contributed by atoms with E-state index in [0.717, 1.165) is 0 Å². The SMILES string of the molecule is CCOS.Cl. The monoisotopic (exact) mass is 114 g/mol. The highest BCUT2D eigenvalue weighted by atomic mass is 35.5. The Morgan fingerprint density at radius 2 is 2.00 bits per heavy atom. The van der Waals surface area contributed by atoms with Crippen LogP contribution in [0.4, 0.5) is 0 Å². The molecule has 0 aliphatic carbocycles. The summed E-state index contributed by atoms with van der Waals surface area (Å²) in [6.45, 7) is 2.57. The first-order valence-electron chi connectivity index (χ1n) is 1.18. The van der Waals surface area contributed by atoms with Crippen LogP contribution in [0.25, 0.3) is 0 Å². The molecule has 0 saturated heterocycles. The molecule has 0 bridgehead atoms. The van der Waals surface area contributed by atoms with Crippen LogP contribution in [0.15, 0.2) is 0 Å². The van der Waals surface area contributed by atoms with Gasteiger partial charge in [-0.1, -0.05) is 0 Å². The second kappa shape index (κ2) is 8.82. The number of rotatable bonds is 1. The molecule has 1 nitrogen and oxygen atoms in total. The normalized spacial score (nSPS) is 6.00. The van der Waals surface area contributed by atoms with E-state index in [2.05, 4.69) is 17.1 Å². The fourth-order valence-electron chi connectivity index (χ4n) is 0. The van der Waals surface area contributed by atoms with E-state index in [1.54, 1.807) is 0 Å². The van der Waals surface area contributed by atoms with Gasteiger partial charge in [-0.3, -0.25) is 0 Å². The molecule has 0 unspecified atom stereocenters. The Labute approximate surface area is 43.7 Å². The maximum atomic E-state index is 4.24. The summed E-state index contributed by atoms with van der Waals surface area (Å²) in [6, 6.07) is 0. The van der Waals surface area contributed by atoms with Gasteiger partial charge >= 0.3 is 0 Å². The van der Waals surface area contributed by atoms with Gasteiger partial charge in [0.05, 0.1) is 6.61 Å². The first-order chi connectivity index (χ1) is 1.91. The number of halogens is 1. The Hall–Kier alpha value is 0.600. The molecule has 0 aromatic heterocycles. The van der Waals surface area contributed by atoms with Crippen LogP contribution in [0.2, 0.25) is 0 Å². The molecule has 0 aromatic rings. The van der Waals surface area contributed by atoms with Gasteiger partial charge in [-0.15, -0.1) is 12.4 Å². The van der Waals surface area contributed by atoms with Crippen molar-refractivity contribution in [3.63, 3.8) is 0 Å². The molecule has 0 amide bonds. The lowest BCUT2D eigenvalue weighted by Crippen LogP contribution is -1.64. The van der Waals surface area contributed by atoms with Gasteiger partial charge in [0.1, 0.15) is 0 Å². The minimum Gasteiger partial charge on any atom is -0.319 e. The summed E-state index contributed by atoms with van der Waals surface area (Å²) in [5.74, 6) is 0. The molecule has 0 saturated carbocycles. The zero-order chi connectivity index (χ0) is 3.41. The minimum absolute atomic E-state index is 0. The summed E-state index contributed by atoms with van der Waals surface area (Å²) in [4.78, 5) is 0. The molecular weight excluding hydrogens is 108 g/mol. The Kier molecular flexibility index (Phi) is 16.1. The summed E-state index contributed by atoms with van der Waals surface area (Å²) in [5, 5.41) is 0. The smallest absolute Gasteiger partial charge is 0.0582 e. The molecule has 0 heterocycles. The predicted octanol–water partition coefficient (Wildman–Crippen LogP) is 1.29. The fourth-order valence-corrected chi connectivity index (χ4v) is 0. The van der Waals surface area contributed by atoms with Gasteiger partial charge in [0.2, 0.25) is 0 Å². The number of hydrogen-bond acceptors (Lipinski definition) is 2. The molecular formula is C2H7ClOS. The van der Waals surface area contributed by atoms with Gasteiger partial charge in [-0.25, -0.2) is 0 Å². The van der Waals surface area contributed by atoms with Gasteiger partial charge in [0.25, 0.3) is 0 Å². The third kappa shape index (κ3) is 12.1. The third-order valence-corrected chi connectivity index (χ3v) is 0.387. The lowest BCUT2D eigenvalue weighted by atomic mass is 10.9. The van der Waals surface area contributed by atoms with Gasteiger partial charge in [0, 0.05) is 0 Å². The molecule has 3 heteroatoms. The second-order valence-corrected chi connectivity index (χ2v) is 0.676. The van der Waals surface area contributed by atoms with Crippen molar-refractivity contribution < 1.29 is 4.18 Å². The maximum Gasteiger partial charge on any atom is 0.0582 e. The van der Waals surface area contributed by atoms with Crippen LogP contribution in [0.3, 0.4) is 0 Å². The molecule has 0 N–H and O–H groups in total. The van der Waals surface area contributed by atoms with Crippen molar-refractivity contribution in [2.75, 3.05) is 6.61 Å². The molecule has 0 aromatic carbocycles. The third-order valence-electron chi connectivity index (χ3n) is 0.129. The molecule has 0 fully saturated rings. The van der Waals surface area contributed by atoms with Crippen molar-refractivity contribution in [1.29, 1.82) is 0 Å². The van der Waals surface area contributed by atoms with E-state index in [0.29, 0.717) is 6.61 Å². The zero-order valence-corrected chi connectivity index (χ0v) is 4.68. The van der Waals surface area contributed by atoms with Crippen molar-refractivity contribution in [3.05, 3.63) is 0 Å². The highest BCUT2D eigenvalue weighted by Crippen LogP contribution is 1.69. The molecule has 5 heavy (non-hydrogen) atoms. The Morgan fingerprint density at radius 3 is 2.00 bits per heavy atom. The van der Waals surface area contributed by atoms with Crippen molar-refractivity contribution in [2.45, 2.75) is 6.92 Å². The second-order valence-electron chi connectivity index (χ2n) is 0.418. The fraction of sp³-hybridized carbons (Fsp3) is 1.00. The molecule has 0 aliphatic heterocycles. The highest BCUT2D eigenvalue weighted by Gasteiger charge is 1.53. The molecule has 0 spiro atoms. The van der Waals surface area contributed by atoms with E-state index in [1.807, 2.05) is 6.92 Å². The van der Waals surface area contributed by atoms with Crippen LogP contribution in [0, 0.1) is 0 Å². The van der Waals surface area contributed by atoms with E-state index in [9.17, 15) is 0 Å². The molecule has 0 aliphatic rings. The van der Waals surface area contributed by atoms with Crippen LogP contribution >= 0.6 is 25.3 Å². The standard InChI is InChI=1S/C2H6OS.ClH/c1-2-3-4;/h4H,2H2,1H3;1H. The molecule has 0 atom stereocenters. The first kappa shape index (κ1) is 9.14. The summed E-state index contributed by atoms with van der Waals surface area (Å²) in [6.07, 6.45) is 0. The summed E-state index contributed by atoms with van der Waals surface area (Å²) in [5.41, 5.74) is 0. The van der Waals surface area contributed by atoms with Gasteiger partial charge in [-0.05, 0) is 19.8 Å². The van der Waals surface area contributed by atoms with E-state index >= 15 is 0 Å². The van der Waals surface area contributed by atoms with Crippen LogP contribution in [0.5, 0.6) is 0 Å². The summed E-state index contributed by atoms with van der Waals surface area (Å²) < 4.78 is 4.24. The Bertz CT molecular complexity index is 11.6. The van der Waals surface area contributed by atoms with Crippen LogP contribution < -0.4 is 0 Å². The van der Waals surface area contributed by atoms with Gasteiger partial charge in [0.15, 0.2) is 0 Å². The van der Waals surface area contributed by atoms with E-state index in [4.69, 9.17) is 0 Å². The summed E-state index contributed by atoms with van der Waals surface area (Å²) in [7, 11) is 0. The number of hydrogen-bond donors (Lipinski definition) is 1. The molecule has 34 valence electrons. The largest absolute Gasteiger partial charge is 0.319 e. The van der Waals surface area contributed by atoms with Crippen molar-refractivity contribution in [3.8, 4) is 0 Å². The molecule has 0 rings (SSSR count). The average Bonchev–Trinajstić information content (AvgIpc) is 1.37. The Morgan fingerprint density at radius 1 is 1.80 bits per heavy atom. The average molecular weight is 115 g/mol. The van der Waals surface area contributed by atoms with E-state index in [-0.39, 0.29) is 12.4 Å². The van der Waals surface area contributed by atoms with E-state index in [1.165, 1.54) is 0 Å². The molecule has 0 radical (unpaired) electrons. The van der Waals surface area contributed by atoms with Crippen molar-refractivity contribution in [1.82, 2.24) is 0 Å². The van der Waals surface area contributed by atoms with Crippen LogP contribution in [-0.2, 0) is 4.18 Å². The first-order valence-corrected chi connectivity index (χ1v) is 1.54. The van der Waals surface area contributed by atoms with Gasteiger partial charge < -0.3 is 4.18 Å². The van der Waals surface area contributed by atoms with Crippen LogP contribution in [0.1, 0.15) is 6.92 Å². The summed E-state index contributed by atoms with van der Waals surface area (Å²) >= 11 is 3.42. The van der Waals surface area contributed by atoms with Crippen LogP contribution in [-0.4, -0.2) is 6.61 Å². The lowest BCUT2D eigenvalue weighted by molar-refractivity contribution is 0.410. The minimum atomic E-state index is 0. The van der Waals surface area contributed by atoms with E-state index < -0.39 is 0 Å². The predicted molar refractivity (Wildman–Crippen MR) is 27.9 cm³/mol. The van der Waals surface area contributed by atoms with Gasteiger partial charge in [-0.2, -0.15) is 0 Å². The quantitative estimate of drug-likeness (QED) is 0.399. The number of thiol groups is 1. The maximum absolute atomic E-state index is 4.24. The van der Waals surface area contributed by atoms with Crippen molar-refractivity contribution in [2.24, 2.45) is 0 Å². The zero-order valence-electron chi connectivity index (χ0n) is 2.97. The highest BCUT2D eigenvalue weighted by molar-refractivity contribution is 7.75. The topological polar surface area (TPSA) is 9.23 Å². The van der Waals surface area contributed by atoms with Crippen molar-refractivity contribution >= 4 is 25.3 Å². The Balaban J connectivity index is 0. The lowest BCUT2D eigenvalue weighted by Gasteiger charge is -1.73.